The quantitative estimate of drug-likeness (QED) is 0.685. The third-order valence-electron chi connectivity index (χ3n) is 2.16. The Labute approximate surface area is 96.3 Å². The number of aldehydes is 1. The normalized spacial score (nSPS) is 12.7. The van der Waals surface area contributed by atoms with E-state index in [9.17, 15) is 4.79 Å². The zero-order valence-electron chi connectivity index (χ0n) is 9.35. The van der Waals surface area contributed by atoms with Crippen molar-refractivity contribution >= 4 is 18.0 Å². The molecule has 0 radical (unpaired) electrons. The van der Waals surface area contributed by atoms with Gasteiger partial charge >= 0.3 is 0 Å². The van der Waals surface area contributed by atoms with E-state index in [0.717, 1.165) is 18.5 Å². The van der Waals surface area contributed by atoms with Gasteiger partial charge in [-0.2, -0.15) is 0 Å². The monoisotopic (exact) mass is 222 g/mol. The van der Waals surface area contributed by atoms with Crippen molar-refractivity contribution in [3.63, 3.8) is 0 Å². The van der Waals surface area contributed by atoms with Crippen LogP contribution in [0.15, 0.2) is 30.3 Å². The number of carbonyl (C=O) groups excluding carboxylic acids is 1. The second-order valence-corrected chi connectivity index (χ2v) is 5.33. The minimum atomic E-state index is 0.144. The fourth-order valence-electron chi connectivity index (χ4n) is 1.40. The molecule has 0 aromatic heterocycles. The number of hydrogen-bond acceptors (Lipinski definition) is 2. The molecule has 1 aromatic carbocycles. The van der Waals surface area contributed by atoms with Crippen LogP contribution in [0.4, 0.5) is 0 Å². The first-order valence-electron chi connectivity index (χ1n) is 5.33. The van der Waals surface area contributed by atoms with Crippen molar-refractivity contribution in [1.29, 1.82) is 0 Å². The third-order valence-corrected chi connectivity index (χ3v) is 3.39. The second-order valence-electron chi connectivity index (χ2n) is 4.10. The van der Waals surface area contributed by atoms with E-state index in [1.165, 1.54) is 5.56 Å². The summed E-state index contributed by atoms with van der Waals surface area (Å²) in [7, 11) is 0. The Hall–Kier alpha value is -0.760. The summed E-state index contributed by atoms with van der Waals surface area (Å²) in [5, 5.41) is 0.144. The van der Waals surface area contributed by atoms with Gasteiger partial charge in [0.2, 0.25) is 0 Å². The molecule has 0 spiro atoms. The second kappa shape index (κ2) is 6.67. The number of thioether (sulfide) groups is 1. The molecule has 2 heteroatoms. The van der Waals surface area contributed by atoms with Gasteiger partial charge in [-0.1, -0.05) is 44.2 Å². The number of hydrogen-bond donors (Lipinski definition) is 0. The van der Waals surface area contributed by atoms with Crippen molar-refractivity contribution < 1.29 is 4.79 Å². The van der Waals surface area contributed by atoms with Crippen LogP contribution in [0.1, 0.15) is 25.8 Å². The predicted octanol–water partition coefficient (Wildman–Crippen LogP) is 3.53. The molecular weight excluding hydrogens is 204 g/mol. The molecule has 1 rings (SSSR count). The maximum atomic E-state index is 10.8. The highest BCUT2D eigenvalue weighted by Crippen LogP contribution is 2.21. The zero-order chi connectivity index (χ0) is 11.1. The molecule has 0 bridgehead atoms. The van der Waals surface area contributed by atoms with Crippen LogP contribution in [0.3, 0.4) is 0 Å². The maximum Gasteiger partial charge on any atom is 0.132 e. The smallest absolute Gasteiger partial charge is 0.132 e. The van der Waals surface area contributed by atoms with Crippen LogP contribution in [0.5, 0.6) is 0 Å². The van der Waals surface area contributed by atoms with Crippen LogP contribution in [0.25, 0.3) is 0 Å². The van der Waals surface area contributed by atoms with E-state index in [1.54, 1.807) is 11.8 Å². The molecule has 1 atom stereocenters. The SMILES string of the molecule is CC(C)CC(C=O)SCc1ccccc1. The summed E-state index contributed by atoms with van der Waals surface area (Å²) in [5.41, 5.74) is 1.29. The van der Waals surface area contributed by atoms with Gasteiger partial charge in [0.25, 0.3) is 0 Å². The molecule has 15 heavy (non-hydrogen) atoms. The van der Waals surface area contributed by atoms with Crippen LogP contribution in [0, 0.1) is 5.92 Å². The molecule has 1 nitrogen and oxygen atoms in total. The Morgan fingerprint density at radius 3 is 2.47 bits per heavy atom. The first-order valence-corrected chi connectivity index (χ1v) is 6.38. The first kappa shape index (κ1) is 12.3. The number of rotatable bonds is 6. The van der Waals surface area contributed by atoms with Crippen LogP contribution in [-0.2, 0) is 10.5 Å². The van der Waals surface area contributed by atoms with Crippen molar-refractivity contribution in [3.8, 4) is 0 Å². The highest BCUT2D eigenvalue weighted by Gasteiger charge is 2.09. The van der Waals surface area contributed by atoms with Crippen molar-refractivity contribution in [3.05, 3.63) is 35.9 Å². The lowest BCUT2D eigenvalue weighted by Gasteiger charge is -2.12. The lowest BCUT2D eigenvalue weighted by Crippen LogP contribution is -2.08. The molecule has 1 aromatic rings. The Kier molecular flexibility index (Phi) is 5.48. The minimum absolute atomic E-state index is 0.144. The summed E-state index contributed by atoms with van der Waals surface area (Å²) in [6.07, 6.45) is 2.05. The Balaban J connectivity index is 2.38. The summed E-state index contributed by atoms with van der Waals surface area (Å²) in [5.74, 6) is 1.51. The van der Waals surface area contributed by atoms with Gasteiger partial charge in [-0.25, -0.2) is 0 Å². The van der Waals surface area contributed by atoms with E-state index in [0.29, 0.717) is 5.92 Å². The van der Waals surface area contributed by atoms with Crippen molar-refractivity contribution in [2.75, 3.05) is 0 Å². The van der Waals surface area contributed by atoms with Crippen molar-refractivity contribution in [1.82, 2.24) is 0 Å². The van der Waals surface area contributed by atoms with E-state index in [4.69, 9.17) is 0 Å². The van der Waals surface area contributed by atoms with E-state index >= 15 is 0 Å². The topological polar surface area (TPSA) is 17.1 Å². The van der Waals surface area contributed by atoms with Gasteiger partial charge in [0.05, 0.1) is 5.25 Å². The van der Waals surface area contributed by atoms with Crippen LogP contribution in [0.2, 0.25) is 0 Å². The molecule has 1 unspecified atom stereocenters. The summed E-state index contributed by atoms with van der Waals surface area (Å²) < 4.78 is 0. The Morgan fingerprint density at radius 2 is 1.93 bits per heavy atom. The van der Waals surface area contributed by atoms with E-state index < -0.39 is 0 Å². The lowest BCUT2D eigenvalue weighted by atomic mass is 10.1. The number of benzene rings is 1. The van der Waals surface area contributed by atoms with Crippen molar-refractivity contribution in [2.45, 2.75) is 31.3 Å². The van der Waals surface area contributed by atoms with Crippen LogP contribution in [-0.4, -0.2) is 11.5 Å². The number of carbonyl (C=O) groups is 1. The molecular formula is C13H18OS. The predicted molar refractivity (Wildman–Crippen MR) is 67.0 cm³/mol. The van der Waals surface area contributed by atoms with Gasteiger partial charge < -0.3 is 4.79 Å². The third kappa shape index (κ3) is 5.03. The molecule has 0 aliphatic carbocycles. The van der Waals surface area contributed by atoms with Crippen LogP contribution >= 0.6 is 11.8 Å². The molecule has 82 valence electrons. The maximum absolute atomic E-state index is 10.8. The van der Waals surface area contributed by atoms with E-state index in [1.807, 2.05) is 18.2 Å². The fraction of sp³-hybridized carbons (Fsp3) is 0.462. The largest absolute Gasteiger partial charge is 0.302 e. The molecule has 0 aliphatic rings. The molecule has 0 N–H and O–H groups in total. The van der Waals surface area contributed by atoms with Gasteiger partial charge in [0.15, 0.2) is 0 Å². The highest BCUT2D eigenvalue weighted by molar-refractivity contribution is 7.99. The highest BCUT2D eigenvalue weighted by atomic mass is 32.2. The van der Waals surface area contributed by atoms with Crippen molar-refractivity contribution in [2.24, 2.45) is 5.92 Å². The standard InChI is InChI=1S/C13H18OS/c1-11(2)8-13(9-14)15-10-12-6-4-3-5-7-12/h3-7,9,11,13H,8,10H2,1-2H3. The van der Waals surface area contributed by atoms with Gasteiger partial charge in [0.1, 0.15) is 6.29 Å². The zero-order valence-corrected chi connectivity index (χ0v) is 10.2. The summed E-state index contributed by atoms with van der Waals surface area (Å²) in [6.45, 7) is 4.30. The molecule has 0 heterocycles. The average Bonchev–Trinajstić information content (AvgIpc) is 2.25. The summed E-state index contributed by atoms with van der Waals surface area (Å²) in [6, 6.07) is 10.3. The van der Waals surface area contributed by atoms with Gasteiger partial charge in [-0.05, 0) is 17.9 Å². The van der Waals surface area contributed by atoms with E-state index in [2.05, 4.69) is 26.0 Å². The van der Waals surface area contributed by atoms with Gasteiger partial charge in [-0.15, -0.1) is 11.8 Å². The molecule has 0 amide bonds. The molecule has 0 saturated heterocycles. The van der Waals surface area contributed by atoms with Crippen LogP contribution < -0.4 is 0 Å². The first-order chi connectivity index (χ1) is 7.22. The van der Waals surface area contributed by atoms with Gasteiger partial charge in [0, 0.05) is 5.75 Å². The van der Waals surface area contributed by atoms with E-state index in [-0.39, 0.29) is 5.25 Å². The van der Waals surface area contributed by atoms with Gasteiger partial charge in [-0.3, -0.25) is 0 Å². The average molecular weight is 222 g/mol. The molecule has 0 fully saturated rings. The Bertz CT molecular complexity index is 282. The fourth-order valence-corrected chi connectivity index (χ4v) is 2.60. The summed E-state index contributed by atoms with van der Waals surface area (Å²) >= 11 is 1.73. The molecule has 0 saturated carbocycles. The Morgan fingerprint density at radius 1 is 1.27 bits per heavy atom. The summed E-state index contributed by atoms with van der Waals surface area (Å²) in [4.78, 5) is 10.8. The minimum Gasteiger partial charge on any atom is -0.302 e. The molecule has 0 aliphatic heterocycles. The lowest BCUT2D eigenvalue weighted by molar-refractivity contribution is -0.107.